The van der Waals surface area contributed by atoms with Crippen molar-refractivity contribution in [2.75, 3.05) is 0 Å². The summed E-state index contributed by atoms with van der Waals surface area (Å²) in [6, 6.07) is 0.469. The molecule has 2 N–H and O–H groups in total. The summed E-state index contributed by atoms with van der Waals surface area (Å²) < 4.78 is 1.86. The predicted octanol–water partition coefficient (Wildman–Crippen LogP) is 1.09. The standard InChI is InChI=1S/C10H17N3/c1-13-7-8(6-12-13)2-3-9-4-5-10(9)11/h6-7,9-10H,2-5,11H2,1H3. The molecule has 1 aromatic heterocycles. The first-order valence-corrected chi connectivity index (χ1v) is 4.99. The molecule has 13 heavy (non-hydrogen) atoms. The third-order valence-corrected chi connectivity index (χ3v) is 3.04. The van der Waals surface area contributed by atoms with Gasteiger partial charge in [-0.05, 0) is 37.2 Å². The zero-order valence-corrected chi connectivity index (χ0v) is 8.11. The van der Waals surface area contributed by atoms with Crippen LogP contribution in [0.1, 0.15) is 24.8 Å². The Bertz CT molecular complexity index is 279. The molecule has 2 unspecified atom stereocenters. The van der Waals surface area contributed by atoms with Crippen molar-refractivity contribution in [3.63, 3.8) is 0 Å². The maximum Gasteiger partial charge on any atom is 0.0521 e. The Hall–Kier alpha value is -0.830. The third kappa shape index (κ3) is 1.91. The van der Waals surface area contributed by atoms with Gasteiger partial charge in [0, 0.05) is 19.3 Å². The predicted molar refractivity (Wildman–Crippen MR) is 52.2 cm³/mol. The summed E-state index contributed by atoms with van der Waals surface area (Å²) in [4.78, 5) is 0. The molecular formula is C10H17N3. The molecule has 1 fully saturated rings. The van der Waals surface area contributed by atoms with Gasteiger partial charge in [0.2, 0.25) is 0 Å². The van der Waals surface area contributed by atoms with E-state index in [1.165, 1.54) is 24.8 Å². The summed E-state index contributed by atoms with van der Waals surface area (Å²) in [5, 5.41) is 4.14. The lowest BCUT2D eigenvalue weighted by molar-refractivity contribution is 0.241. The molecule has 72 valence electrons. The molecule has 0 bridgehead atoms. The zero-order chi connectivity index (χ0) is 9.26. The maximum atomic E-state index is 5.87. The summed E-state index contributed by atoms with van der Waals surface area (Å²) in [6.07, 6.45) is 8.94. The van der Waals surface area contributed by atoms with Gasteiger partial charge in [-0.15, -0.1) is 0 Å². The molecule has 0 aromatic carbocycles. The van der Waals surface area contributed by atoms with Gasteiger partial charge in [-0.1, -0.05) is 0 Å². The molecule has 3 nitrogen and oxygen atoms in total. The van der Waals surface area contributed by atoms with Crippen LogP contribution in [0, 0.1) is 5.92 Å². The normalized spacial score (nSPS) is 27.2. The Balaban J connectivity index is 1.79. The molecule has 1 saturated carbocycles. The van der Waals surface area contributed by atoms with Crippen LogP contribution in [0.3, 0.4) is 0 Å². The molecule has 1 aliphatic carbocycles. The van der Waals surface area contributed by atoms with Crippen molar-refractivity contribution in [3.05, 3.63) is 18.0 Å². The van der Waals surface area contributed by atoms with Crippen LogP contribution in [0.25, 0.3) is 0 Å². The van der Waals surface area contributed by atoms with Gasteiger partial charge < -0.3 is 5.73 Å². The minimum absolute atomic E-state index is 0.469. The lowest BCUT2D eigenvalue weighted by Crippen LogP contribution is -2.39. The number of hydrogen-bond donors (Lipinski definition) is 1. The first-order chi connectivity index (χ1) is 6.25. The highest BCUT2D eigenvalue weighted by Crippen LogP contribution is 2.29. The van der Waals surface area contributed by atoms with Crippen molar-refractivity contribution in [2.24, 2.45) is 18.7 Å². The van der Waals surface area contributed by atoms with Crippen LogP contribution in [0.5, 0.6) is 0 Å². The lowest BCUT2D eigenvalue weighted by atomic mass is 9.77. The van der Waals surface area contributed by atoms with Crippen LogP contribution >= 0.6 is 0 Å². The Kier molecular flexibility index (Phi) is 2.36. The van der Waals surface area contributed by atoms with Crippen molar-refractivity contribution in [1.82, 2.24) is 9.78 Å². The van der Waals surface area contributed by atoms with Gasteiger partial charge in [0.15, 0.2) is 0 Å². The second-order valence-corrected chi connectivity index (χ2v) is 4.06. The molecular weight excluding hydrogens is 162 g/mol. The van der Waals surface area contributed by atoms with Crippen LogP contribution < -0.4 is 5.73 Å². The monoisotopic (exact) mass is 179 g/mol. The average Bonchev–Trinajstić information content (AvgIpc) is 2.49. The SMILES string of the molecule is Cn1cc(CCC2CCC2N)cn1. The van der Waals surface area contributed by atoms with Crippen molar-refractivity contribution < 1.29 is 0 Å². The Morgan fingerprint density at radius 2 is 2.46 bits per heavy atom. The number of aryl methyl sites for hydroxylation is 2. The van der Waals surface area contributed by atoms with Crippen molar-refractivity contribution in [3.8, 4) is 0 Å². The Labute approximate surface area is 78.9 Å². The molecule has 0 amide bonds. The summed E-state index contributed by atoms with van der Waals surface area (Å²) in [5.74, 6) is 0.764. The molecule has 0 saturated heterocycles. The summed E-state index contributed by atoms with van der Waals surface area (Å²) in [5.41, 5.74) is 7.21. The fraction of sp³-hybridized carbons (Fsp3) is 0.700. The van der Waals surface area contributed by atoms with Crippen LogP contribution in [-0.2, 0) is 13.5 Å². The average molecular weight is 179 g/mol. The topological polar surface area (TPSA) is 43.8 Å². The van der Waals surface area contributed by atoms with E-state index in [-0.39, 0.29) is 0 Å². The van der Waals surface area contributed by atoms with E-state index in [0.717, 1.165) is 12.3 Å². The quantitative estimate of drug-likeness (QED) is 0.755. The molecule has 0 spiro atoms. The van der Waals surface area contributed by atoms with Gasteiger partial charge in [-0.2, -0.15) is 5.10 Å². The second-order valence-electron chi connectivity index (χ2n) is 4.06. The minimum atomic E-state index is 0.469. The zero-order valence-electron chi connectivity index (χ0n) is 8.11. The first kappa shape index (κ1) is 8.75. The van der Waals surface area contributed by atoms with Crippen LogP contribution in [-0.4, -0.2) is 15.8 Å². The smallest absolute Gasteiger partial charge is 0.0521 e. The van der Waals surface area contributed by atoms with E-state index in [0.29, 0.717) is 6.04 Å². The fourth-order valence-corrected chi connectivity index (χ4v) is 1.91. The molecule has 1 aliphatic rings. The van der Waals surface area contributed by atoms with E-state index in [1.807, 2.05) is 17.9 Å². The van der Waals surface area contributed by atoms with E-state index in [1.54, 1.807) is 0 Å². The summed E-state index contributed by atoms with van der Waals surface area (Å²) in [6.45, 7) is 0. The van der Waals surface area contributed by atoms with E-state index in [2.05, 4.69) is 11.3 Å². The van der Waals surface area contributed by atoms with Gasteiger partial charge >= 0.3 is 0 Å². The highest BCUT2D eigenvalue weighted by atomic mass is 15.2. The highest BCUT2D eigenvalue weighted by molar-refractivity contribution is 5.04. The lowest BCUT2D eigenvalue weighted by Gasteiger charge is -2.33. The summed E-state index contributed by atoms with van der Waals surface area (Å²) >= 11 is 0. The number of aromatic nitrogens is 2. The second kappa shape index (κ2) is 3.50. The van der Waals surface area contributed by atoms with Gasteiger partial charge in [-0.25, -0.2) is 0 Å². The molecule has 1 heterocycles. The van der Waals surface area contributed by atoms with E-state index in [4.69, 9.17) is 5.73 Å². The van der Waals surface area contributed by atoms with Crippen LogP contribution in [0.2, 0.25) is 0 Å². The Morgan fingerprint density at radius 1 is 1.62 bits per heavy atom. The van der Waals surface area contributed by atoms with E-state index < -0.39 is 0 Å². The summed E-state index contributed by atoms with van der Waals surface area (Å²) in [7, 11) is 1.96. The van der Waals surface area contributed by atoms with Crippen molar-refractivity contribution in [2.45, 2.75) is 31.7 Å². The van der Waals surface area contributed by atoms with E-state index >= 15 is 0 Å². The van der Waals surface area contributed by atoms with Crippen LogP contribution in [0.4, 0.5) is 0 Å². The molecule has 0 radical (unpaired) electrons. The Morgan fingerprint density at radius 3 is 2.92 bits per heavy atom. The van der Waals surface area contributed by atoms with Crippen molar-refractivity contribution >= 4 is 0 Å². The first-order valence-electron chi connectivity index (χ1n) is 4.99. The number of nitrogens with two attached hydrogens (primary N) is 1. The maximum absolute atomic E-state index is 5.87. The van der Waals surface area contributed by atoms with Gasteiger partial charge in [0.1, 0.15) is 0 Å². The minimum Gasteiger partial charge on any atom is -0.327 e. The molecule has 3 heteroatoms. The van der Waals surface area contributed by atoms with Crippen molar-refractivity contribution in [1.29, 1.82) is 0 Å². The largest absolute Gasteiger partial charge is 0.327 e. The van der Waals surface area contributed by atoms with E-state index in [9.17, 15) is 0 Å². The number of hydrogen-bond acceptors (Lipinski definition) is 2. The molecule has 2 atom stereocenters. The van der Waals surface area contributed by atoms with Crippen LogP contribution in [0.15, 0.2) is 12.4 Å². The highest BCUT2D eigenvalue weighted by Gasteiger charge is 2.26. The molecule has 2 rings (SSSR count). The number of rotatable bonds is 3. The van der Waals surface area contributed by atoms with Gasteiger partial charge in [-0.3, -0.25) is 4.68 Å². The van der Waals surface area contributed by atoms with Gasteiger partial charge in [0.05, 0.1) is 6.20 Å². The fourth-order valence-electron chi connectivity index (χ4n) is 1.91. The number of nitrogens with zero attached hydrogens (tertiary/aromatic N) is 2. The third-order valence-electron chi connectivity index (χ3n) is 3.04. The molecule has 1 aromatic rings. The van der Waals surface area contributed by atoms with Gasteiger partial charge in [0.25, 0.3) is 0 Å². The molecule has 0 aliphatic heterocycles.